The van der Waals surface area contributed by atoms with Gasteiger partial charge in [-0.15, -0.1) is 0 Å². The van der Waals surface area contributed by atoms with Gasteiger partial charge in [-0.25, -0.2) is 4.98 Å². The average Bonchev–Trinajstić information content (AvgIpc) is 2.64. The minimum Gasteiger partial charge on any atom is -0.319 e. The van der Waals surface area contributed by atoms with E-state index >= 15 is 0 Å². The Bertz CT molecular complexity index is 444. The molecule has 0 amide bonds. The van der Waals surface area contributed by atoms with Crippen LogP contribution in [0.25, 0.3) is 0 Å². The fourth-order valence-electron chi connectivity index (χ4n) is 2.51. The summed E-state index contributed by atoms with van der Waals surface area (Å²) < 4.78 is 0. The van der Waals surface area contributed by atoms with Crippen LogP contribution in [0.3, 0.4) is 0 Å². The molecule has 0 saturated heterocycles. The van der Waals surface area contributed by atoms with Crippen LogP contribution in [0.2, 0.25) is 0 Å². The molecule has 1 aromatic rings. The molecule has 17 heavy (non-hydrogen) atoms. The zero-order valence-corrected chi connectivity index (χ0v) is 10.6. The van der Waals surface area contributed by atoms with Crippen LogP contribution in [0.5, 0.6) is 0 Å². The summed E-state index contributed by atoms with van der Waals surface area (Å²) in [4.78, 5) is 19.0. The van der Waals surface area contributed by atoms with Gasteiger partial charge in [0.05, 0.1) is 5.54 Å². The summed E-state index contributed by atoms with van der Waals surface area (Å²) >= 11 is 0. The first-order valence-corrected chi connectivity index (χ1v) is 6.39. The third-order valence-corrected chi connectivity index (χ3v) is 3.38. The predicted molar refractivity (Wildman–Crippen MR) is 67.7 cm³/mol. The predicted octanol–water partition coefficient (Wildman–Crippen LogP) is 1.70. The van der Waals surface area contributed by atoms with E-state index in [2.05, 4.69) is 23.8 Å². The Kier molecular flexibility index (Phi) is 3.33. The Hall–Kier alpha value is -1.16. The van der Waals surface area contributed by atoms with Crippen molar-refractivity contribution < 1.29 is 0 Å². The highest BCUT2D eigenvalue weighted by molar-refractivity contribution is 5.12. The van der Waals surface area contributed by atoms with Gasteiger partial charge in [-0.1, -0.05) is 26.7 Å². The molecule has 0 spiro atoms. The first-order valence-electron chi connectivity index (χ1n) is 6.39. The molecule has 4 nitrogen and oxygen atoms in total. The quantitative estimate of drug-likeness (QED) is 0.837. The van der Waals surface area contributed by atoms with Crippen molar-refractivity contribution in [2.75, 3.05) is 0 Å². The van der Waals surface area contributed by atoms with Gasteiger partial charge in [0.25, 0.3) is 5.56 Å². The Labute approximate surface area is 102 Å². The topological polar surface area (TPSA) is 71.8 Å². The standard InChI is InChI=1S/C13H21N3O/c1-9(2)7-10-8-11(17)16-12(15-10)13(14)5-3-4-6-13/h8-9H,3-7,14H2,1-2H3,(H,15,16,17). The van der Waals surface area contributed by atoms with E-state index < -0.39 is 5.54 Å². The van der Waals surface area contributed by atoms with E-state index in [1.165, 1.54) is 0 Å². The SMILES string of the molecule is CC(C)Cc1cc(=O)[nH]c(C2(N)CCCC2)n1. The zero-order chi connectivity index (χ0) is 12.5. The maximum Gasteiger partial charge on any atom is 0.251 e. The third kappa shape index (κ3) is 2.75. The van der Waals surface area contributed by atoms with Crippen LogP contribution in [-0.2, 0) is 12.0 Å². The van der Waals surface area contributed by atoms with Crippen molar-refractivity contribution in [2.45, 2.75) is 51.5 Å². The molecule has 0 aliphatic heterocycles. The number of hydrogen-bond acceptors (Lipinski definition) is 3. The minimum atomic E-state index is -0.411. The summed E-state index contributed by atoms with van der Waals surface area (Å²) in [6.45, 7) is 4.24. The van der Waals surface area contributed by atoms with Crippen molar-refractivity contribution in [3.63, 3.8) is 0 Å². The molecule has 0 atom stereocenters. The Morgan fingerprint density at radius 2 is 2.12 bits per heavy atom. The number of nitrogens with zero attached hydrogens (tertiary/aromatic N) is 1. The van der Waals surface area contributed by atoms with Gasteiger partial charge in [0, 0.05) is 11.8 Å². The highest BCUT2D eigenvalue weighted by atomic mass is 16.1. The number of aromatic amines is 1. The second-order valence-corrected chi connectivity index (χ2v) is 5.55. The second-order valence-electron chi connectivity index (χ2n) is 5.55. The Balaban J connectivity index is 2.34. The van der Waals surface area contributed by atoms with Crippen molar-refractivity contribution in [2.24, 2.45) is 11.7 Å². The molecule has 1 aromatic heterocycles. The lowest BCUT2D eigenvalue weighted by Crippen LogP contribution is -2.37. The normalized spacial score (nSPS) is 18.8. The number of H-pyrrole nitrogens is 1. The van der Waals surface area contributed by atoms with Crippen LogP contribution in [0, 0.1) is 5.92 Å². The lowest BCUT2D eigenvalue weighted by atomic mass is 9.97. The summed E-state index contributed by atoms with van der Waals surface area (Å²) in [5.41, 5.74) is 6.68. The summed E-state index contributed by atoms with van der Waals surface area (Å²) in [5, 5.41) is 0. The fraction of sp³-hybridized carbons (Fsp3) is 0.692. The molecule has 0 bridgehead atoms. The molecule has 3 N–H and O–H groups in total. The monoisotopic (exact) mass is 235 g/mol. The maximum absolute atomic E-state index is 11.6. The highest BCUT2D eigenvalue weighted by Gasteiger charge is 2.33. The molecule has 0 unspecified atom stereocenters. The second kappa shape index (κ2) is 4.61. The number of rotatable bonds is 3. The van der Waals surface area contributed by atoms with Crippen LogP contribution in [0.4, 0.5) is 0 Å². The Morgan fingerprint density at radius 3 is 2.71 bits per heavy atom. The van der Waals surface area contributed by atoms with Gasteiger partial charge in [-0.3, -0.25) is 4.79 Å². The largest absolute Gasteiger partial charge is 0.319 e. The minimum absolute atomic E-state index is 0.0811. The number of aromatic nitrogens is 2. The number of hydrogen-bond donors (Lipinski definition) is 2. The molecular formula is C13H21N3O. The first-order chi connectivity index (χ1) is 7.99. The van der Waals surface area contributed by atoms with E-state index in [1.807, 2.05) is 0 Å². The van der Waals surface area contributed by atoms with Crippen molar-refractivity contribution >= 4 is 0 Å². The summed E-state index contributed by atoms with van der Waals surface area (Å²) in [7, 11) is 0. The molecule has 0 radical (unpaired) electrons. The van der Waals surface area contributed by atoms with Crippen LogP contribution in [0.1, 0.15) is 51.0 Å². The van der Waals surface area contributed by atoms with Gasteiger partial charge in [-0.05, 0) is 25.2 Å². The van der Waals surface area contributed by atoms with Gasteiger partial charge in [0.2, 0.25) is 0 Å². The zero-order valence-electron chi connectivity index (χ0n) is 10.6. The van der Waals surface area contributed by atoms with Crippen molar-refractivity contribution in [1.82, 2.24) is 9.97 Å². The van der Waals surface area contributed by atoms with E-state index in [1.54, 1.807) is 6.07 Å². The Morgan fingerprint density at radius 1 is 1.47 bits per heavy atom. The van der Waals surface area contributed by atoms with Gasteiger partial charge >= 0.3 is 0 Å². The highest BCUT2D eigenvalue weighted by Crippen LogP contribution is 2.33. The molecule has 94 valence electrons. The van der Waals surface area contributed by atoms with Gasteiger partial charge in [-0.2, -0.15) is 0 Å². The molecule has 0 aromatic carbocycles. The van der Waals surface area contributed by atoms with E-state index in [0.29, 0.717) is 11.7 Å². The molecule has 1 heterocycles. The molecule has 1 fully saturated rings. The van der Waals surface area contributed by atoms with Gasteiger partial charge in [0.1, 0.15) is 5.82 Å². The number of nitrogens with two attached hydrogens (primary N) is 1. The molecule has 1 aliphatic rings. The maximum atomic E-state index is 11.6. The molecule has 1 aliphatic carbocycles. The number of nitrogens with one attached hydrogen (secondary N) is 1. The summed E-state index contributed by atoms with van der Waals surface area (Å²) in [6.07, 6.45) is 4.90. The van der Waals surface area contributed by atoms with E-state index in [0.717, 1.165) is 37.8 Å². The van der Waals surface area contributed by atoms with Crippen LogP contribution >= 0.6 is 0 Å². The fourth-order valence-corrected chi connectivity index (χ4v) is 2.51. The van der Waals surface area contributed by atoms with Crippen LogP contribution in [0.15, 0.2) is 10.9 Å². The molecular weight excluding hydrogens is 214 g/mol. The van der Waals surface area contributed by atoms with Crippen molar-refractivity contribution in [3.05, 3.63) is 27.9 Å². The van der Waals surface area contributed by atoms with Gasteiger partial charge in [0.15, 0.2) is 0 Å². The van der Waals surface area contributed by atoms with E-state index in [4.69, 9.17) is 5.73 Å². The summed E-state index contributed by atoms with van der Waals surface area (Å²) in [5.74, 6) is 1.17. The lowest BCUT2D eigenvalue weighted by Gasteiger charge is -2.22. The molecule has 4 heteroatoms. The van der Waals surface area contributed by atoms with Crippen molar-refractivity contribution in [1.29, 1.82) is 0 Å². The first kappa shape index (κ1) is 12.3. The smallest absolute Gasteiger partial charge is 0.251 e. The van der Waals surface area contributed by atoms with E-state index in [9.17, 15) is 4.79 Å². The molecule has 1 saturated carbocycles. The lowest BCUT2D eigenvalue weighted by molar-refractivity contribution is 0.426. The van der Waals surface area contributed by atoms with Crippen molar-refractivity contribution in [3.8, 4) is 0 Å². The van der Waals surface area contributed by atoms with E-state index in [-0.39, 0.29) is 5.56 Å². The summed E-state index contributed by atoms with van der Waals surface area (Å²) in [6, 6.07) is 1.59. The molecule has 2 rings (SSSR count). The van der Waals surface area contributed by atoms with Crippen LogP contribution in [-0.4, -0.2) is 9.97 Å². The average molecular weight is 235 g/mol. The third-order valence-electron chi connectivity index (χ3n) is 3.38. The van der Waals surface area contributed by atoms with Gasteiger partial charge < -0.3 is 10.7 Å². The van der Waals surface area contributed by atoms with Crippen LogP contribution < -0.4 is 11.3 Å².